The summed E-state index contributed by atoms with van der Waals surface area (Å²) in [5.41, 5.74) is 0.773. The highest BCUT2D eigenvalue weighted by atomic mass is 32.2. The number of aromatic nitrogens is 3. The normalized spacial score (nSPS) is 14.0. The zero-order chi connectivity index (χ0) is 30.6. The number of halogens is 2. The van der Waals surface area contributed by atoms with Crippen molar-refractivity contribution in [3.8, 4) is 11.3 Å². The molecule has 0 spiro atoms. The Morgan fingerprint density at radius 1 is 1.00 bits per heavy atom. The van der Waals surface area contributed by atoms with Crippen LogP contribution in [0.1, 0.15) is 37.4 Å². The number of carbonyl (C=O) groups excluding carboxylic acids is 1. The Kier molecular flexibility index (Phi) is 8.53. The number of hydrogen-bond donors (Lipinski definition) is 0. The van der Waals surface area contributed by atoms with E-state index in [1.165, 1.54) is 31.2 Å². The maximum Gasteiger partial charge on any atom is 0.425 e. The molecule has 0 atom stereocenters. The third-order valence-electron chi connectivity index (χ3n) is 7.54. The SMILES string of the molecule is CCN(C(=O)OCc1ccccc1)S(=O)(=O)N(F)c1cccc(-c2ccc(N(C)C3(c4ncccc4F)CCC3)nn2)c1. The van der Waals surface area contributed by atoms with Gasteiger partial charge in [-0.15, -0.1) is 10.2 Å². The van der Waals surface area contributed by atoms with Gasteiger partial charge in [0.25, 0.3) is 0 Å². The molecule has 13 heteroatoms. The molecule has 0 radical (unpaired) electrons. The van der Waals surface area contributed by atoms with Crippen LogP contribution in [-0.4, -0.2) is 47.6 Å². The topological polar surface area (TPSA) is 109 Å². The number of carbonyl (C=O) groups is 1. The summed E-state index contributed by atoms with van der Waals surface area (Å²) in [6, 6.07) is 20.6. The second kappa shape index (κ2) is 12.3. The van der Waals surface area contributed by atoms with Gasteiger partial charge in [-0.2, -0.15) is 12.7 Å². The van der Waals surface area contributed by atoms with Crippen LogP contribution in [0.4, 0.5) is 25.2 Å². The molecule has 1 amide bonds. The van der Waals surface area contributed by atoms with Crippen molar-refractivity contribution in [3.63, 3.8) is 0 Å². The minimum absolute atomic E-state index is 0.171. The number of hydrogen-bond acceptors (Lipinski definition) is 8. The predicted molar refractivity (Wildman–Crippen MR) is 157 cm³/mol. The first-order chi connectivity index (χ1) is 20.7. The van der Waals surface area contributed by atoms with E-state index < -0.39 is 26.4 Å². The molecule has 224 valence electrons. The zero-order valence-corrected chi connectivity index (χ0v) is 24.4. The molecule has 0 unspecified atom stereocenters. The molecule has 0 bridgehead atoms. The lowest BCUT2D eigenvalue weighted by Gasteiger charge is -2.48. The standard InChI is InChI=1S/C30H30F2N6O4S/c1-3-37(29(39)42-21-22-10-5-4-6-11-22)43(40,41)38(32)24-13-7-12-23(20-24)26-15-16-27(35-34-26)36(2)30(17-9-18-30)28-25(31)14-8-19-33-28/h4-8,10-16,19-20H,3,9,17-18,21H2,1-2H3. The molecule has 2 aromatic heterocycles. The maximum atomic E-state index is 15.4. The van der Waals surface area contributed by atoms with Crippen molar-refractivity contribution < 1.29 is 26.8 Å². The van der Waals surface area contributed by atoms with Gasteiger partial charge < -0.3 is 9.64 Å². The minimum atomic E-state index is -4.92. The lowest BCUT2D eigenvalue weighted by molar-refractivity contribution is 0.119. The van der Waals surface area contributed by atoms with Crippen molar-refractivity contribution in [1.82, 2.24) is 19.5 Å². The van der Waals surface area contributed by atoms with Crippen molar-refractivity contribution >= 4 is 27.8 Å². The van der Waals surface area contributed by atoms with E-state index in [2.05, 4.69) is 15.2 Å². The Morgan fingerprint density at radius 2 is 1.77 bits per heavy atom. The summed E-state index contributed by atoms with van der Waals surface area (Å²) in [5, 5.41) is 8.59. The molecule has 43 heavy (non-hydrogen) atoms. The van der Waals surface area contributed by atoms with E-state index in [1.807, 2.05) is 11.9 Å². The Hall–Kier alpha value is -4.65. The molecular weight excluding hydrogens is 578 g/mol. The Morgan fingerprint density at radius 3 is 2.40 bits per heavy atom. The average Bonchev–Trinajstić information content (AvgIpc) is 3.01. The van der Waals surface area contributed by atoms with Gasteiger partial charge in [0.1, 0.15) is 18.1 Å². The highest BCUT2D eigenvalue weighted by molar-refractivity contribution is 7.90. The number of nitrogens with zero attached hydrogens (tertiary/aromatic N) is 6. The van der Waals surface area contributed by atoms with E-state index in [0.29, 0.717) is 45.5 Å². The van der Waals surface area contributed by atoms with Crippen LogP contribution >= 0.6 is 0 Å². The number of pyridine rings is 1. The molecule has 0 saturated heterocycles. The van der Waals surface area contributed by atoms with Crippen LogP contribution in [0, 0.1) is 5.82 Å². The van der Waals surface area contributed by atoms with Crippen LogP contribution in [0.3, 0.4) is 0 Å². The first-order valence-corrected chi connectivity index (χ1v) is 15.1. The summed E-state index contributed by atoms with van der Waals surface area (Å²) in [5.74, 6) is 0.110. The largest absolute Gasteiger partial charge is 0.444 e. The van der Waals surface area contributed by atoms with Gasteiger partial charge in [0.2, 0.25) is 0 Å². The van der Waals surface area contributed by atoms with Crippen LogP contribution in [0.25, 0.3) is 11.3 Å². The van der Waals surface area contributed by atoms with Gasteiger partial charge in [-0.25, -0.2) is 9.18 Å². The quantitative estimate of drug-likeness (QED) is 0.208. The number of rotatable bonds is 10. The molecule has 1 aliphatic rings. The summed E-state index contributed by atoms with van der Waals surface area (Å²) in [6.45, 7) is 0.880. The van der Waals surface area contributed by atoms with Gasteiger partial charge in [-0.1, -0.05) is 51.5 Å². The summed E-state index contributed by atoms with van der Waals surface area (Å²) in [7, 11) is -3.11. The lowest BCUT2D eigenvalue weighted by Crippen LogP contribution is -2.51. The maximum absolute atomic E-state index is 15.4. The fourth-order valence-corrected chi connectivity index (χ4v) is 6.14. The van der Waals surface area contributed by atoms with E-state index >= 15 is 4.48 Å². The van der Waals surface area contributed by atoms with E-state index in [9.17, 15) is 17.6 Å². The number of amides is 1. The molecule has 2 aromatic carbocycles. The fraction of sp³-hybridized carbons (Fsp3) is 0.267. The third kappa shape index (κ3) is 5.85. The van der Waals surface area contributed by atoms with Gasteiger partial charge >= 0.3 is 16.3 Å². The Bertz CT molecular complexity index is 1690. The second-order valence-corrected chi connectivity index (χ2v) is 11.7. The van der Waals surface area contributed by atoms with Crippen molar-refractivity contribution in [3.05, 3.63) is 102 Å². The summed E-state index contributed by atoms with van der Waals surface area (Å²) >= 11 is 0. The van der Waals surface area contributed by atoms with E-state index in [0.717, 1.165) is 6.42 Å². The van der Waals surface area contributed by atoms with E-state index in [1.54, 1.807) is 60.8 Å². The van der Waals surface area contributed by atoms with Crippen LogP contribution in [0.15, 0.2) is 85.1 Å². The molecule has 0 aliphatic heterocycles. The molecule has 5 rings (SSSR count). The molecule has 10 nitrogen and oxygen atoms in total. The van der Waals surface area contributed by atoms with Crippen LogP contribution in [0.2, 0.25) is 0 Å². The smallest absolute Gasteiger partial charge is 0.425 e. The summed E-state index contributed by atoms with van der Waals surface area (Å²) < 4.78 is 61.2. The van der Waals surface area contributed by atoms with Gasteiger partial charge in [-0.05, 0) is 68.1 Å². The first kappa shape index (κ1) is 29.8. The van der Waals surface area contributed by atoms with Crippen LogP contribution in [0.5, 0.6) is 0 Å². The van der Waals surface area contributed by atoms with Crippen molar-refractivity contribution in [2.24, 2.45) is 0 Å². The fourth-order valence-electron chi connectivity index (χ4n) is 5.02. The van der Waals surface area contributed by atoms with Crippen molar-refractivity contribution in [2.75, 3.05) is 23.0 Å². The molecule has 4 aromatic rings. The second-order valence-electron chi connectivity index (χ2n) is 10.0. The number of ether oxygens (including phenoxy) is 1. The average molecular weight is 609 g/mol. The molecular formula is C30H30F2N6O4S. The first-order valence-electron chi connectivity index (χ1n) is 13.7. The van der Waals surface area contributed by atoms with Crippen molar-refractivity contribution in [1.29, 1.82) is 0 Å². The highest BCUT2D eigenvalue weighted by Gasteiger charge is 2.46. The van der Waals surface area contributed by atoms with Crippen LogP contribution in [-0.2, 0) is 27.1 Å². The van der Waals surface area contributed by atoms with Gasteiger partial charge in [0, 0.05) is 25.4 Å². The molecule has 1 saturated carbocycles. The highest BCUT2D eigenvalue weighted by Crippen LogP contribution is 2.47. The van der Waals surface area contributed by atoms with Crippen molar-refractivity contribution in [2.45, 2.75) is 38.3 Å². The van der Waals surface area contributed by atoms with Crippen LogP contribution < -0.4 is 9.43 Å². The summed E-state index contributed by atoms with van der Waals surface area (Å²) in [4.78, 5) is 18.8. The molecule has 0 N–H and O–H groups in total. The Labute approximate surface area is 248 Å². The monoisotopic (exact) mass is 608 g/mol. The number of anilines is 2. The molecule has 1 aliphatic carbocycles. The zero-order valence-electron chi connectivity index (χ0n) is 23.6. The predicted octanol–water partition coefficient (Wildman–Crippen LogP) is 5.79. The molecule has 2 heterocycles. The third-order valence-corrected chi connectivity index (χ3v) is 9.12. The van der Waals surface area contributed by atoms with Gasteiger partial charge in [-0.3, -0.25) is 4.98 Å². The molecule has 1 fully saturated rings. The minimum Gasteiger partial charge on any atom is -0.444 e. The van der Waals surface area contributed by atoms with Gasteiger partial charge in [0.05, 0.1) is 16.9 Å². The van der Waals surface area contributed by atoms with E-state index in [-0.39, 0.29) is 24.7 Å². The number of benzene rings is 2. The summed E-state index contributed by atoms with van der Waals surface area (Å²) in [6.07, 6.45) is 2.69. The van der Waals surface area contributed by atoms with E-state index in [4.69, 9.17) is 4.74 Å². The Balaban J connectivity index is 1.33. The lowest BCUT2D eigenvalue weighted by atomic mass is 9.72. The van der Waals surface area contributed by atoms with Gasteiger partial charge in [0.15, 0.2) is 5.82 Å².